The van der Waals surface area contributed by atoms with Gasteiger partial charge in [0.2, 0.25) is 13.4 Å². The molecule has 0 fully saturated rings. The molecule has 0 N–H and O–H groups in total. The van der Waals surface area contributed by atoms with Crippen LogP contribution in [0.2, 0.25) is 0 Å². The van der Waals surface area contributed by atoms with E-state index < -0.39 is 0 Å². The minimum Gasteiger partial charge on any atom is -0.246 e. The fraction of sp³-hybridized carbons (Fsp3) is 0.190. The van der Waals surface area contributed by atoms with Crippen LogP contribution in [0.3, 0.4) is 0 Å². The SMILES string of the molecule is Cc1cc(C)c(B(c2cc(B(c3c(C)cc(C)cc3C)c3c(C)cc(C)cc3C)cc(-c3nc4c5ccccc5ccc4c4c3ccc3ccccc34)c2)c2c(C)cc(C)cc2C)c(C)c1. The molecule has 0 aliphatic heterocycles. The maximum absolute atomic E-state index is 5.89. The largest absolute Gasteiger partial charge is 0.246 e. The van der Waals surface area contributed by atoms with Crippen LogP contribution in [-0.2, 0) is 0 Å². The predicted molar refractivity (Wildman–Crippen MR) is 292 cm³/mol. The first-order valence-corrected chi connectivity index (χ1v) is 23.8. The number of hydrogen-bond donors (Lipinski definition) is 0. The van der Waals surface area contributed by atoms with Crippen molar-refractivity contribution < 1.29 is 0 Å². The molecule has 0 spiro atoms. The van der Waals surface area contributed by atoms with Crippen LogP contribution in [0.1, 0.15) is 66.8 Å². The van der Waals surface area contributed by atoms with Gasteiger partial charge in [-0.15, -0.1) is 0 Å². The van der Waals surface area contributed by atoms with E-state index in [2.05, 4.69) is 223 Å². The average Bonchev–Trinajstić information content (AvgIpc) is 3.26. The Morgan fingerprint density at radius 1 is 0.318 bits per heavy atom. The minimum absolute atomic E-state index is 0.0284. The van der Waals surface area contributed by atoms with E-state index in [1.807, 2.05) is 0 Å². The first-order chi connectivity index (χ1) is 31.7. The maximum Gasteiger partial charge on any atom is 0.242 e. The highest BCUT2D eigenvalue weighted by Crippen LogP contribution is 2.39. The first kappa shape index (κ1) is 43.2. The van der Waals surface area contributed by atoms with Gasteiger partial charge >= 0.3 is 0 Å². The zero-order valence-electron chi connectivity index (χ0n) is 40.9. The Labute approximate surface area is 393 Å². The standard InChI is InChI=1S/C63H59B2N/c1-36-25-40(5)58(41(6)26-36)64(59-42(7)27-37(2)28-43(59)8)51-33-50(34-52(35-51)65(60-44(9)29-38(3)30-45(60)10)61-46(11)31-39(4)32-47(61)12)62-55-23-21-48-17-13-15-19-53(48)57(55)56-24-22-49-18-14-16-20-54(49)63(56)66-62/h13-35H,1-12H3. The van der Waals surface area contributed by atoms with Gasteiger partial charge in [-0.25, -0.2) is 4.98 Å². The molecule has 3 heteroatoms. The second-order valence-electron chi connectivity index (χ2n) is 19.9. The second kappa shape index (κ2) is 16.6. The normalized spacial score (nSPS) is 11.6. The number of benzene rings is 9. The quantitative estimate of drug-likeness (QED) is 0.115. The molecule has 10 aromatic rings. The molecule has 1 heterocycles. The molecule has 0 radical (unpaired) electrons. The van der Waals surface area contributed by atoms with E-state index in [0.29, 0.717) is 0 Å². The number of rotatable bonds is 7. The zero-order chi connectivity index (χ0) is 46.3. The summed E-state index contributed by atoms with van der Waals surface area (Å²) >= 11 is 0. The highest BCUT2D eigenvalue weighted by atomic mass is 14.7. The second-order valence-corrected chi connectivity index (χ2v) is 19.9. The molecule has 0 atom stereocenters. The van der Waals surface area contributed by atoms with E-state index in [0.717, 1.165) is 16.8 Å². The fourth-order valence-electron chi connectivity index (χ4n) is 12.4. The van der Waals surface area contributed by atoms with Gasteiger partial charge in [-0.2, -0.15) is 0 Å². The van der Waals surface area contributed by atoms with E-state index in [1.54, 1.807) is 0 Å². The molecule has 322 valence electrons. The summed E-state index contributed by atoms with van der Waals surface area (Å²) in [7, 11) is 0. The van der Waals surface area contributed by atoms with Crippen molar-refractivity contribution in [2.45, 2.75) is 83.1 Å². The summed E-state index contributed by atoms with van der Waals surface area (Å²) < 4.78 is 0. The summed E-state index contributed by atoms with van der Waals surface area (Å²) in [5.74, 6) is 0. The van der Waals surface area contributed by atoms with Gasteiger partial charge in [0, 0.05) is 21.5 Å². The number of aryl methyl sites for hydroxylation is 12. The Balaban J connectivity index is 1.41. The molecule has 0 amide bonds. The zero-order valence-corrected chi connectivity index (χ0v) is 40.9. The molecule has 0 bridgehead atoms. The lowest BCUT2D eigenvalue weighted by Crippen LogP contribution is -2.59. The van der Waals surface area contributed by atoms with Gasteiger partial charge < -0.3 is 0 Å². The highest BCUT2D eigenvalue weighted by Gasteiger charge is 2.34. The van der Waals surface area contributed by atoms with Crippen molar-refractivity contribution in [2.75, 3.05) is 0 Å². The van der Waals surface area contributed by atoms with Crippen LogP contribution in [0.15, 0.2) is 140 Å². The van der Waals surface area contributed by atoms with Gasteiger partial charge in [0.05, 0.1) is 11.2 Å². The lowest BCUT2D eigenvalue weighted by atomic mass is 9.31. The van der Waals surface area contributed by atoms with Gasteiger partial charge in [0.15, 0.2) is 0 Å². The Morgan fingerprint density at radius 2 is 0.667 bits per heavy atom. The first-order valence-electron chi connectivity index (χ1n) is 23.8. The lowest BCUT2D eigenvalue weighted by Gasteiger charge is -2.28. The molecule has 0 unspecified atom stereocenters. The van der Waals surface area contributed by atoms with E-state index >= 15 is 0 Å². The molecule has 9 aromatic carbocycles. The van der Waals surface area contributed by atoms with Crippen LogP contribution < -0.4 is 32.8 Å². The monoisotopic (exact) mass is 851 g/mol. The van der Waals surface area contributed by atoms with Crippen LogP contribution in [0, 0.1) is 83.1 Å². The third kappa shape index (κ3) is 7.34. The van der Waals surface area contributed by atoms with Gasteiger partial charge in [-0.1, -0.05) is 239 Å². The molecule has 0 saturated heterocycles. The summed E-state index contributed by atoms with van der Waals surface area (Å²) in [5, 5.41) is 8.46. The van der Waals surface area contributed by atoms with Gasteiger partial charge in [-0.3, -0.25) is 0 Å². The van der Waals surface area contributed by atoms with Crippen LogP contribution in [0.5, 0.6) is 0 Å². The number of nitrogens with zero attached hydrogens (tertiary/aromatic N) is 1. The molecule has 10 rings (SSSR count). The van der Waals surface area contributed by atoms with Crippen LogP contribution >= 0.6 is 0 Å². The number of pyridine rings is 1. The highest BCUT2D eigenvalue weighted by molar-refractivity contribution is 6.99. The Bertz CT molecular complexity index is 3290. The summed E-state index contributed by atoms with van der Waals surface area (Å²) in [4.78, 5) is 5.89. The summed E-state index contributed by atoms with van der Waals surface area (Å²) in [6.07, 6.45) is 0. The third-order valence-corrected chi connectivity index (χ3v) is 14.6. The van der Waals surface area contributed by atoms with Crippen molar-refractivity contribution in [1.82, 2.24) is 4.98 Å². The molecule has 66 heavy (non-hydrogen) atoms. The minimum atomic E-state index is -0.0284. The van der Waals surface area contributed by atoms with Crippen LogP contribution in [0.25, 0.3) is 54.5 Å². The van der Waals surface area contributed by atoms with Crippen molar-refractivity contribution in [3.63, 3.8) is 0 Å². The molecule has 1 nitrogen and oxygen atoms in total. The van der Waals surface area contributed by atoms with Crippen molar-refractivity contribution in [2.24, 2.45) is 0 Å². The lowest BCUT2D eigenvalue weighted by molar-refractivity contribution is 1.34. The van der Waals surface area contributed by atoms with Crippen LogP contribution in [0.4, 0.5) is 0 Å². The van der Waals surface area contributed by atoms with Gasteiger partial charge in [0.25, 0.3) is 0 Å². The van der Waals surface area contributed by atoms with E-state index in [-0.39, 0.29) is 13.4 Å². The number of fused-ring (bicyclic) bond motifs is 7. The average molecular weight is 852 g/mol. The van der Waals surface area contributed by atoms with Crippen molar-refractivity contribution in [3.8, 4) is 11.3 Å². The molecule has 0 saturated carbocycles. The number of aromatic nitrogens is 1. The maximum atomic E-state index is 5.89. The van der Waals surface area contributed by atoms with Gasteiger partial charge in [0.1, 0.15) is 0 Å². The van der Waals surface area contributed by atoms with Crippen molar-refractivity contribution in [1.29, 1.82) is 0 Å². The van der Waals surface area contributed by atoms with E-state index in [4.69, 9.17) is 4.98 Å². The van der Waals surface area contributed by atoms with E-state index in [9.17, 15) is 0 Å². The molecule has 0 aliphatic carbocycles. The Morgan fingerprint density at radius 3 is 1.08 bits per heavy atom. The Kier molecular flexibility index (Phi) is 10.9. The molecule has 1 aromatic heterocycles. The summed E-state index contributed by atoms with van der Waals surface area (Å²) in [6, 6.07) is 53.5. The van der Waals surface area contributed by atoms with Gasteiger partial charge in [-0.05, 0) is 105 Å². The number of hydrogen-bond acceptors (Lipinski definition) is 1. The summed E-state index contributed by atoms with van der Waals surface area (Å²) in [6.45, 7) is 27.4. The predicted octanol–water partition coefficient (Wildman–Crippen LogP) is 12.1. The van der Waals surface area contributed by atoms with Crippen molar-refractivity contribution in [3.05, 3.63) is 206 Å². The molecule has 0 aliphatic rings. The van der Waals surface area contributed by atoms with E-state index in [1.165, 1.54) is 137 Å². The summed E-state index contributed by atoms with van der Waals surface area (Å²) in [5.41, 5.74) is 27.1. The molecular formula is C63H59B2N. The smallest absolute Gasteiger partial charge is 0.242 e. The molecular weight excluding hydrogens is 792 g/mol. The topological polar surface area (TPSA) is 12.9 Å². The Hall–Kier alpha value is -6.70. The van der Waals surface area contributed by atoms with Crippen molar-refractivity contribution >= 4 is 89.4 Å². The fourth-order valence-corrected chi connectivity index (χ4v) is 12.4. The third-order valence-electron chi connectivity index (χ3n) is 14.6. The van der Waals surface area contributed by atoms with Crippen LogP contribution in [-0.4, -0.2) is 18.4 Å².